The number of carbonyl (C=O) groups is 1. The second-order valence-corrected chi connectivity index (χ2v) is 4.55. The minimum absolute atomic E-state index is 0. The first-order valence-electron chi connectivity index (χ1n) is 5.96. The fourth-order valence-corrected chi connectivity index (χ4v) is 2.64. The highest BCUT2D eigenvalue weighted by molar-refractivity contribution is 5.85. The Morgan fingerprint density at radius 2 is 1.94 bits per heavy atom. The van der Waals surface area contributed by atoms with Gasteiger partial charge in [0, 0.05) is 19.6 Å². The van der Waals surface area contributed by atoms with Crippen LogP contribution in [0.3, 0.4) is 0 Å². The van der Waals surface area contributed by atoms with Gasteiger partial charge < -0.3 is 4.90 Å². The monoisotopic (exact) mass is 252 g/mol. The average Bonchev–Trinajstić information content (AvgIpc) is 2.98. The van der Waals surface area contributed by atoms with Crippen molar-refractivity contribution in [2.24, 2.45) is 0 Å². The van der Waals surface area contributed by atoms with E-state index < -0.39 is 0 Å². The summed E-state index contributed by atoms with van der Waals surface area (Å²) >= 11 is 0. The second-order valence-electron chi connectivity index (χ2n) is 4.55. The molecule has 1 atom stereocenters. The summed E-state index contributed by atoms with van der Waals surface area (Å²) in [6.45, 7) is 2.68. The second kappa shape index (κ2) is 5.07. The first kappa shape index (κ1) is 12.4. The lowest BCUT2D eigenvalue weighted by Gasteiger charge is -2.20. The summed E-state index contributed by atoms with van der Waals surface area (Å²) in [5, 5.41) is 3.31. The van der Waals surface area contributed by atoms with Crippen LogP contribution in [0.4, 0.5) is 0 Å². The van der Waals surface area contributed by atoms with E-state index in [1.165, 1.54) is 11.1 Å². The number of halogens is 1. The molecule has 1 N–H and O–H groups in total. The van der Waals surface area contributed by atoms with Gasteiger partial charge in [-0.3, -0.25) is 10.1 Å². The molecule has 3 nitrogen and oxygen atoms in total. The van der Waals surface area contributed by atoms with E-state index in [1.54, 1.807) is 0 Å². The molecule has 1 saturated heterocycles. The van der Waals surface area contributed by atoms with Crippen LogP contribution < -0.4 is 5.32 Å². The minimum atomic E-state index is -0.103. The van der Waals surface area contributed by atoms with Gasteiger partial charge in [0.25, 0.3) is 0 Å². The number of benzene rings is 1. The fourth-order valence-electron chi connectivity index (χ4n) is 2.64. The maximum atomic E-state index is 12.3. The fraction of sp³-hybridized carbons (Fsp3) is 0.462. The molecule has 1 aromatic carbocycles. The number of amides is 1. The third-order valence-corrected chi connectivity index (χ3v) is 3.53. The number of rotatable bonds is 1. The average molecular weight is 253 g/mol. The van der Waals surface area contributed by atoms with Crippen molar-refractivity contribution in [2.75, 3.05) is 13.1 Å². The number of nitrogens with one attached hydrogen (secondary N) is 1. The normalized spacial score (nSPS) is 22.1. The Morgan fingerprint density at radius 3 is 2.71 bits per heavy atom. The van der Waals surface area contributed by atoms with Crippen LogP contribution in [0.5, 0.6) is 0 Å². The predicted molar refractivity (Wildman–Crippen MR) is 69.1 cm³/mol. The van der Waals surface area contributed by atoms with Crippen LogP contribution in [0, 0.1) is 0 Å². The van der Waals surface area contributed by atoms with Crippen molar-refractivity contribution < 1.29 is 4.79 Å². The summed E-state index contributed by atoms with van der Waals surface area (Å²) in [5.74, 6) is 0.252. The van der Waals surface area contributed by atoms with Crippen molar-refractivity contribution >= 4 is 18.3 Å². The Morgan fingerprint density at radius 1 is 1.24 bits per heavy atom. The van der Waals surface area contributed by atoms with Crippen molar-refractivity contribution in [3.05, 3.63) is 35.4 Å². The molecule has 0 saturated carbocycles. The molecule has 92 valence electrons. The Bertz CT molecular complexity index is 416. The third-order valence-electron chi connectivity index (χ3n) is 3.53. The van der Waals surface area contributed by atoms with Gasteiger partial charge in [-0.05, 0) is 24.0 Å². The minimum Gasteiger partial charge on any atom is -0.341 e. The molecule has 0 aliphatic carbocycles. The van der Waals surface area contributed by atoms with Crippen LogP contribution >= 0.6 is 12.4 Å². The lowest BCUT2D eigenvalue weighted by Crippen LogP contribution is -2.36. The van der Waals surface area contributed by atoms with Gasteiger partial charge in [0.05, 0.1) is 0 Å². The van der Waals surface area contributed by atoms with Crippen LogP contribution in [0.15, 0.2) is 24.3 Å². The van der Waals surface area contributed by atoms with Crippen LogP contribution in [-0.4, -0.2) is 23.9 Å². The zero-order chi connectivity index (χ0) is 11.0. The Kier molecular flexibility index (Phi) is 3.69. The molecule has 1 unspecified atom stereocenters. The molecule has 3 rings (SSSR count). The molecule has 2 heterocycles. The molecule has 0 aromatic heterocycles. The van der Waals surface area contributed by atoms with E-state index in [2.05, 4.69) is 17.4 Å². The van der Waals surface area contributed by atoms with Gasteiger partial charge in [0.2, 0.25) is 5.91 Å². The maximum Gasteiger partial charge on any atom is 0.244 e. The largest absolute Gasteiger partial charge is 0.341 e. The van der Waals surface area contributed by atoms with Gasteiger partial charge in [-0.2, -0.15) is 0 Å². The van der Waals surface area contributed by atoms with Crippen LogP contribution in [0.1, 0.15) is 30.0 Å². The van der Waals surface area contributed by atoms with Crippen LogP contribution in [-0.2, 0) is 11.3 Å². The number of likely N-dealkylation sites (tertiary alicyclic amines) is 1. The Balaban J connectivity index is 0.00000108. The van der Waals surface area contributed by atoms with Crippen molar-refractivity contribution in [3.63, 3.8) is 0 Å². The van der Waals surface area contributed by atoms with E-state index in [-0.39, 0.29) is 24.4 Å². The standard InChI is InChI=1S/C13H16N2O.ClH/c16-13(15-7-3-4-8-15)12-11-6-2-1-5-10(11)9-14-12;/h1-2,5-6,12,14H,3-4,7-9H2;1H. The highest BCUT2D eigenvalue weighted by Crippen LogP contribution is 2.27. The molecule has 1 amide bonds. The molecular weight excluding hydrogens is 236 g/mol. The number of hydrogen-bond donors (Lipinski definition) is 1. The molecular formula is C13H17ClN2O. The van der Waals surface area contributed by atoms with Crippen molar-refractivity contribution in [1.29, 1.82) is 0 Å². The third kappa shape index (κ3) is 2.17. The van der Waals surface area contributed by atoms with Gasteiger partial charge in [0.1, 0.15) is 6.04 Å². The Labute approximate surface area is 108 Å². The number of fused-ring (bicyclic) bond motifs is 1. The molecule has 17 heavy (non-hydrogen) atoms. The summed E-state index contributed by atoms with van der Waals surface area (Å²) in [7, 11) is 0. The zero-order valence-corrected chi connectivity index (χ0v) is 10.5. The van der Waals surface area contributed by atoms with Gasteiger partial charge in [-0.15, -0.1) is 12.4 Å². The van der Waals surface area contributed by atoms with Crippen molar-refractivity contribution in [2.45, 2.75) is 25.4 Å². The summed E-state index contributed by atoms with van der Waals surface area (Å²) in [6, 6.07) is 8.10. The van der Waals surface area contributed by atoms with E-state index in [1.807, 2.05) is 17.0 Å². The van der Waals surface area contributed by atoms with Gasteiger partial charge in [0.15, 0.2) is 0 Å². The molecule has 0 bridgehead atoms. The highest BCUT2D eigenvalue weighted by Gasteiger charge is 2.31. The van der Waals surface area contributed by atoms with Crippen LogP contribution in [0.25, 0.3) is 0 Å². The molecule has 1 aromatic rings. The molecule has 2 aliphatic rings. The number of hydrogen-bond acceptors (Lipinski definition) is 2. The maximum absolute atomic E-state index is 12.3. The summed E-state index contributed by atoms with van der Waals surface area (Å²) in [5.41, 5.74) is 2.43. The topological polar surface area (TPSA) is 32.3 Å². The van der Waals surface area contributed by atoms with Crippen molar-refractivity contribution in [3.8, 4) is 0 Å². The summed E-state index contributed by atoms with van der Waals surface area (Å²) in [6.07, 6.45) is 2.31. The first-order chi connectivity index (χ1) is 7.86. The smallest absolute Gasteiger partial charge is 0.244 e. The van der Waals surface area contributed by atoms with E-state index in [4.69, 9.17) is 0 Å². The lowest BCUT2D eigenvalue weighted by atomic mass is 10.0. The number of nitrogens with zero attached hydrogens (tertiary/aromatic N) is 1. The molecule has 1 fully saturated rings. The van der Waals surface area contributed by atoms with E-state index in [0.717, 1.165) is 32.5 Å². The highest BCUT2D eigenvalue weighted by atomic mass is 35.5. The SMILES string of the molecule is Cl.O=C(C1NCc2ccccc21)N1CCCC1. The molecule has 2 aliphatic heterocycles. The molecule has 0 radical (unpaired) electrons. The van der Waals surface area contributed by atoms with Crippen LogP contribution in [0.2, 0.25) is 0 Å². The van der Waals surface area contributed by atoms with E-state index in [9.17, 15) is 4.79 Å². The van der Waals surface area contributed by atoms with Gasteiger partial charge in [-0.25, -0.2) is 0 Å². The van der Waals surface area contributed by atoms with Gasteiger partial charge >= 0.3 is 0 Å². The zero-order valence-electron chi connectivity index (χ0n) is 9.69. The molecule has 0 spiro atoms. The predicted octanol–water partition coefficient (Wildman–Crippen LogP) is 1.88. The summed E-state index contributed by atoms with van der Waals surface area (Å²) < 4.78 is 0. The first-order valence-corrected chi connectivity index (χ1v) is 5.96. The number of carbonyl (C=O) groups excluding carboxylic acids is 1. The van der Waals surface area contributed by atoms with Crippen molar-refractivity contribution in [1.82, 2.24) is 10.2 Å². The lowest BCUT2D eigenvalue weighted by molar-refractivity contribution is -0.132. The Hall–Kier alpha value is -1.06. The quantitative estimate of drug-likeness (QED) is 0.828. The summed E-state index contributed by atoms with van der Waals surface area (Å²) in [4.78, 5) is 14.3. The van der Waals surface area contributed by atoms with E-state index >= 15 is 0 Å². The van der Waals surface area contributed by atoms with E-state index in [0.29, 0.717) is 0 Å². The van der Waals surface area contributed by atoms with Gasteiger partial charge in [-0.1, -0.05) is 24.3 Å². The molecule has 4 heteroatoms.